The second-order valence-electron chi connectivity index (χ2n) is 7.65. The van der Waals surface area contributed by atoms with Crippen LogP contribution in [0.5, 0.6) is 0 Å². The highest BCUT2D eigenvalue weighted by Crippen LogP contribution is 2.29. The van der Waals surface area contributed by atoms with Crippen LogP contribution in [0.3, 0.4) is 0 Å². The Morgan fingerprint density at radius 1 is 1.20 bits per heavy atom. The fourth-order valence-electron chi connectivity index (χ4n) is 3.57. The third-order valence-electron chi connectivity index (χ3n) is 5.22. The molecule has 0 bridgehead atoms. The highest BCUT2D eigenvalue weighted by Gasteiger charge is 2.31. The summed E-state index contributed by atoms with van der Waals surface area (Å²) in [5, 5.41) is 6.42. The van der Waals surface area contributed by atoms with E-state index in [9.17, 15) is 18.0 Å². The predicted octanol–water partition coefficient (Wildman–Crippen LogP) is 2.36. The fraction of sp³-hybridized carbons (Fsp3) is 0.619. The number of nitrogens with one attached hydrogen (secondary N) is 2. The summed E-state index contributed by atoms with van der Waals surface area (Å²) >= 11 is 0. The number of benzene rings is 1. The maximum Gasteiger partial charge on any atom is 0.416 e. The molecule has 168 valence electrons. The number of alkyl halides is 3. The van der Waals surface area contributed by atoms with E-state index in [1.54, 1.807) is 26.0 Å². The summed E-state index contributed by atoms with van der Waals surface area (Å²) in [7, 11) is 5.27. The van der Waals surface area contributed by atoms with Crippen LogP contribution >= 0.6 is 0 Å². The number of hydrogen-bond acceptors (Lipinski definition) is 3. The summed E-state index contributed by atoms with van der Waals surface area (Å²) in [6.45, 7) is 3.08. The molecule has 0 radical (unpaired) electrons. The normalized spacial score (nSPS) is 17.8. The highest BCUT2D eigenvalue weighted by molar-refractivity contribution is 5.81. The van der Waals surface area contributed by atoms with Crippen LogP contribution in [0.4, 0.5) is 13.2 Å². The first-order valence-corrected chi connectivity index (χ1v) is 10.3. The standard InChI is InChI=1S/C21H32F3N5O/c1-25-20(27-13-11-16-7-9-17(10-8-16)21(22,23)24)26-12-5-15-29-14-4-6-18(29)19(30)28(2)3/h7-10,18H,4-6,11-15H2,1-3H3,(H2,25,26,27). The van der Waals surface area contributed by atoms with Gasteiger partial charge >= 0.3 is 6.18 Å². The van der Waals surface area contributed by atoms with Gasteiger partial charge in [0.1, 0.15) is 0 Å². The van der Waals surface area contributed by atoms with Gasteiger partial charge in [-0.2, -0.15) is 13.2 Å². The van der Waals surface area contributed by atoms with Crippen LogP contribution < -0.4 is 10.6 Å². The molecular weight excluding hydrogens is 395 g/mol. The van der Waals surface area contributed by atoms with Gasteiger partial charge < -0.3 is 15.5 Å². The van der Waals surface area contributed by atoms with Gasteiger partial charge in [-0.05, 0) is 49.9 Å². The Morgan fingerprint density at radius 3 is 2.47 bits per heavy atom. The number of rotatable bonds is 8. The number of aliphatic imine (C=N–C) groups is 1. The van der Waals surface area contributed by atoms with Gasteiger partial charge in [-0.1, -0.05) is 12.1 Å². The number of amides is 1. The predicted molar refractivity (Wildman–Crippen MR) is 112 cm³/mol. The first-order chi connectivity index (χ1) is 14.2. The van der Waals surface area contributed by atoms with Gasteiger partial charge in [0.25, 0.3) is 0 Å². The summed E-state index contributed by atoms with van der Waals surface area (Å²) in [6, 6.07) is 5.20. The number of carbonyl (C=O) groups excluding carboxylic acids is 1. The van der Waals surface area contributed by atoms with E-state index >= 15 is 0 Å². The minimum Gasteiger partial charge on any atom is -0.356 e. The molecule has 1 amide bonds. The Bertz CT molecular complexity index is 704. The molecule has 6 nitrogen and oxygen atoms in total. The molecule has 1 saturated heterocycles. The van der Waals surface area contributed by atoms with Crippen LogP contribution in [-0.4, -0.2) is 75.0 Å². The SMILES string of the molecule is CN=C(NCCCN1CCCC1C(=O)N(C)C)NCCc1ccc(C(F)(F)F)cc1. The van der Waals surface area contributed by atoms with Gasteiger partial charge in [0.2, 0.25) is 5.91 Å². The lowest BCUT2D eigenvalue weighted by molar-refractivity contribution is -0.137. The van der Waals surface area contributed by atoms with Gasteiger partial charge in [0, 0.05) is 40.8 Å². The molecular formula is C21H32F3N5O. The van der Waals surface area contributed by atoms with Crippen molar-refractivity contribution in [1.29, 1.82) is 0 Å². The second kappa shape index (κ2) is 11.2. The average Bonchev–Trinajstić information content (AvgIpc) is 3.17. The van der Waals surface area contributed by atoms with E-state index in [1.165, 1.54) is 12.1 Å². The average molecular weight is 428 g/mol. The van der Waals surface area contributed by atoms with Gasteiger partial charge in [0.05, 0.1) is 11.6 Å². The maximum absolute atomic E-state index is 12.6. The van der Waals surface area contributed by atoms with E-state index in [4.69, 9.17) is 0 Å². The molecule has 1 fully saturated rings. The van der Waals surface area contributed by atoms with Gasteiger partial charge in [-0.3, -0.25) is 14.7 Å². The molecule has 1 aliphatic rings. The molecule has 1 aliphatic heterocycles. The van der Waals surface area contributed by atoms with E-state index in [2.05, 4.69) is 20.5 Å². The Labute approximate surface area is 176 Å². The van der Waals surface area contributed by atoms with E-state index in [1.807, 2.05) is 0 Å². The molecule has 1 unspecified atom stereocenters. The molecule has 1 aromatic carbocycles. The zero-order valence-electron chi connectivity index (χ0n) is 17.9. The lowest BCUT2D eigenvalue weighted by Crippen LogP contribution is -2.44. The first kappa shape index (κ1) is 24.0. The molecule has 2 rings (SSSR count). The lowest BCUT2D eigenvalue weighted by Gasteiger charge is -2.26. The summed E-state index contributed by atoms with van der Waals surface area (Å²) in [4.78, 5) is 20.3. The topological polar surface area (TPSA) is 60.0 Å². The molecule has 2 N–H and O–H groups in total. The third-order valence-corrected chi connectivity index (χ3v) is 5.22. The van der Waals surface area contributed by atoms with E-state index in [-0.39, 0.29) is 11.9 Å². The van der Waals surface area contributed by atoms with E-state index in [0.717, 1.165) is 56.6 Å². The van der Waals surface area contributed by atoms with Crippen molar-refractivity contribution < 1.29 is 18.0 Å². The number of hydrogen-bond donors (Lipinski definition) is 2. The number of carbonyl (C=O) groups is 1. The minimum atomic E-state index is -4.31. The Morgan fingerprint density at radius 2 is 1.87 bits per heavy atom. The van der Waals surface area contributed by atoms with Crippen LogP contribution in [0.1, 0.15) is 30.4 Å². The van der Waals surface area contributed by atoms with Crippen molar-refractivity contribution >= 4 is 11.9 Å². The molecule has 30 heavy (non-hydrogen) atoms. The van der Waals surface area contributed by atoms with Crippen molar-refractivity contribution in [3.8, 4) is 0 Å². The fourth-order valence-corrected chi connectivity index (χ4v) is 3.57. The highest BCUT2D eigenvalue weighted by atomic mass is 19.4. The zero-order chi connectivity index (χ0) is 22.1. The van der Waals surface area contributed by atoms with Crippen LogP contribution in [0.2, 0.25) is 0 Å². The van der Waals surface area contributed by atoms with Gasteiger partial charge in [0.15, 0.2) is 5.96 Å². The largest absolute Gasteiger partial charge is 0.416 e. The number of likely N-dealkylation sites (N-methyl/N-ethyl adjacent to an activating group) is 1. The van der Waals surface area contributed by atoms with Crippen LogP contribution in [0, 0.1) is 0 Å². The molecule has 0 saturated carbocycles. The number of nitrogens with zero attached hydrogens (tertiary/aromatic N) is 3. The molecule has 1 heterocycles. The summed E-state index contributed by atoms with van der Waals surface area (Å²) in [5.41, 5.74) is 0.195. The lowest BCUT2D eigenvalue weighted by atomic mass is 10.1. The summed E-state index contributed by atoms with van der Waals surface area (Å²) < 4.78 is 37.8. The molecule has 1 aromatic rings. The van der Waals surface area contributed by atoms with Crippen LogP contribution in [-0.2, 0) is 17.4 Å². The van der Waals surface area contributed by atoms with E-state index in [0.29, 0.717) is 18.9 Å². The molecule has 0 aromatic heterocycles. The minimum absolute atomic E-state index is 0.0128. The molecule has 0 spiro atoms. The van der Waals surface area contributed by atoms with Crippen molar-refractivity contribution in [3.63, 3.8) is 0 Å². The number of guanidine groups is 1. The zero-order valence-corrected chi connectivity index (χ0v) is 17.9. The smallest absolute Gasteiger partial charge is 0.356 e. The Hall–Kier alpha value is -2.29. The van der Waals surface area contributed by atoms with Crippen LogP contribution in [0.25, 0.3) is 0 Å². The van der Waals surface area contributed by atoms with Crippen molar-refractivity contribution in [2.45, 2.75) is 37.9 Å². The molecule has 0 aliphatic carbocycles. The van der Waals surface area contributed by atoms with Crippen molar-refractivity contribution in [1.82, 2.24) is 20.4 Å². The van der Waals surface area contributed by atoms with E-state index < -0.39 is 11.7 Å². The maximum atomic E-state index is 12.6. The Balaban J connectivity index is 1.67. The number of halogens is 3. The quantitative estimate of drug-likeness (QED) is 0.380. The second-order valence-corrected chi connectivity index (χ2v) is 7.65. The van der Waals surface area contributed by atoms with Gasteiger partial charge in [-0.15, -0.1) is 0 Å². The van der Waals surface area contributed by atoms with Crippen molar-refractivity contribution in [2.24, 2.45) is 4.99 Å². The number of likely N-dealkylation sites (tertiary alicyclic amines) is 1. The van der Waals surface area contributed by atoms with Crippen molar-refractivity contribution in [3.05, 3.63) is 35.4 Å². The Kier molecular flexibility index (Phi) is 8.95. The summed E-state index contributed by atoms with van der Waals surface area (Å²) in [6.07, 6.45) is -0.863. The van der Waals surface area contributed by atoms with Crippen molar-refractivity contribution in [2.75, 3.05) is 47.3 Å². The molecule has 9 heteroatoms. The molecule has 1 atom stereocenters. The summed E-state index contributed by atoms with van der Waals surface area (Å²) in [5.74, 6) is 0.824. The first-order valence-electron chi connectivity index (χ1n) is 10.3. The van der Waals surface area contributed by atoms with Crippen LogP contribution in [0.15, 0.2) is 29.3 Å². The monoisotopic (exact) mass is 427 g/mol. The van der Waals surface area contributed by atoms with Gasteiger partial charge in [-0.25, -0.2) is 0 Å². The third kappa shape index (κ3) is 7.19.